The van der Waals surface area contributed by atoms with Crippen LogP contribution in [0.1, 0.15) is 22.5 Å². The lowest BCUT2D eigenvalue weighted by molar-refractivity contribution is 0.0306. The summed E-state index contributed by atoms with van der Waals surface area (Å²) in [5.41, 5.74) is 0. The van der Waals surface area contributed by atoms with Crippen LogP contribution >= 0.6 is 11.3 Å². The van der Waals surface area contributed by atoms with Crippen LogP contribution in [0.3, 0.4) is 0 Å². The van der Waals surface area contributed by atoms with Crippen molar-refractivity contribution in [1.82, 2.24) is 9.62 Å². The SMILES string of the molecule is O=C(c1ccc(S(=O)(=O)NC2CC2)s1)N1CCOCC1. The third-order valence-corrected chi connectivity index (χ3v) is 6.34. The molecule has 1 aromatic rings. The molecule has 0 radical (unpaired) electrons. The number of amides is 1. The van der Waals surface area contributed by atoms with Crippen molar-refractivity contribution in [2.75, 3.05) is 26.3 Å². The summed E-state index contributed by atoms with van der Waals surface area (Å²) in [7, 11) is -3.47. The number of sulfonamides is 1. The Morgan fingerprint density at radius 1 is 1.30 bits per heavy atom. The lowest BCUT2D eigenvalue weighted by atomic mass is 10.3. The number of hydrogen-bond acceptors (Lipinski definition) is 5. The Morgan fingerprint density at radius 2 is 2.00 bits per heavy atom. The Morgan fingerprint density at radius 3 is 2.65 bits per heavy atom. The van der Waals surface area contributed by atoms with Crippen LogP contribution in [0.2, 0.25) is 0 Å². The number of nitrogens with one attached hydrogen (secondary N) is 1. The molecule has 110 valence electrons. The molecular formula is C12H16N2O4S2. The molecular weight excluding hydrogens is 300 g/mol. The van der Waals surface area contributed by atoms with E-state index in [4.69, 9.17) is 4.74 Å². The molecule has 3 rings (SSSR count). The molecule has 1 aromatic heterocycles. The Balaban J connectivity index is 1.73. The van der Waals surface area contributed by atoms with E-state index >= 15 is 0 Å². The zero-order valence-electron chi connectivity index (χ0n) is 10.9. The van der Waals surface area contributed by atoms with Crippen LogP contribution in [0, 0.1) is 0 Å². The maximum atomic E-state index is 12.2. The number of morpholine rings is 1. The zero-order chi connectivity index (χ0) is 14.2. The van der Waals surface area contributed by atoms with Gasteiger partial charge < -0.3 is 9.64 Å². The molecule has 1 saturated heterocycles. The van der Waals surface area contributed by atoms with E-state index in [9.17, 15) is 13.2 Å². The topological polar surface area (TPSA) is 75.7 Å². The van der Waals surface area contributed by atoms with Gasteiger partial charge in [0.15, 0.2) is 0 Å². The van der Waals surface area contributed by atoms with E-state index in [1.165, 1.54) is 6.07 Å². The molecule has 8 heteroatoms. The van der Waals surface area contributed by atoms with Gasteiger partial charge in [0.25, 0.3) is 5.91 Å². The van der Waals surface area contributed by atoms with Crippen molar-refractivity contribution in [3.63, 3.8) is 0 Å². The van der Waals surface area contributed by atoms with E-state index in [0.717, 1.165) is 24.2 Å². The number of ether oxygens (including phenoxy) is 1. The van der Waals surface area contributed by atoms with E-state index in [2.05, 4.69) is 4.72 Å². The molecule has 0 atom stereocenters. The van der Waals surface area contributed by atoms with Gasteiger partial charge in [-0.25, -0.2) is 13.1 Å². The molecule has 1 aliphatic heterocycles. The first-order valence-electron chi connectivity index (χ1n) is 6.55. The number of rotatable bonds is 4. The fourth-order valence-electron chi connectivity index (χ4n) is 1.98. The Hall–Kier alpha value is -0.960. The normalized spacial score (nSPS) is 20.1. The minimum absolute atomic E-state index is 0.0699. The van der Waals surface area contributed by atoms with Gasteiger partial charge in [-0.05, 0) is 25.0 Å². The van der Waals surface area contributed by atoms with Crippen molar-refractivity contribution in [3.8, 4) is 0 Å². The predicted molar refractivity (Wildman–Crippen MR) is 74.4 cm³/mol. The van der Waals surface area contributed by atoms with Gasteiger partial charge in [0.05, 0.1) is 18.1 Å². The number of carbonyl (C=O) groups excluding carboxylic acids is 1. The van der Waals surface area contributed by atoms with Crippen LogP contribution in [0.4, 0.5) is 0 Å². The first-order chi connectivity index (χ1) is 9.56. The molecule has 2 heterocycles. The molecule has 2 fully saturated rings. The molecule has 20 heavy (non-hydrogen) atoms. The largest absolute Gasteiger partial charge is 0.378 e. The minimum Gasteiger partial charge on any atom is -0.378 e. The first-order valence-corrected chi connectivity index (χ1v) is 8.85. The van der Waals surface area contributed by atoms with Gasteiger partial charge in [0.1, 0.15) is 4.21 Å². The molecule has 0 spiro atoms. The van der Waals surface area contributed by atoms with Crippen molar-refractivity contribution in [3.05, 3.63) is 17.0 Å². The van der Waals surface area contributed by atoms with Crippen molar-refractivity contribution in [2.45, 2.75) is 23.1 Å². The minimum atomic E-state index is -3.47. The van der Waals surface area contributed by atoms with Crippen LogP contribution < -0.4 is 4.72 Å². The zero-order valence-corrected chi connectivity index (χ0v) is 12.5. The van der Waals surface area contributed by atoms with Gasteiger partial charge in [-0.15, -0.1) is 11.3 Å². The van der Waals surface area contributed by atoms with E-state index < -0.39 is 10.0 Å². The second-order valence-electron chi connectivity index (χ2n) is 4.92. The predicted octanol–water partition coefficient (Wildman–Crippen LogP) is 0.661. The molecule has 2 aliphatic rings. The summed E-state index contributed by atoms with van der Waals surface area (Å²) < 4.78 is 32.1. The third kappa shape index (κ3) is 3.03. The molecule has 0 unspecified atom stereocenters. The van der Waals surface area contributed by atoms with Gasteiger partial charge in [0, 0.05) is 19.1 Å². The highest BCUT2D eigenvalue weighted by Crippen LogP contribution is 2.26. The van der Waals surface area contributed by atoms with Crippen LogP contribution in [-0.2, 0) is 14.8 Å². The molecule has 1 saturated carbocycles. The first kappa shape index (κ1) is 14.0. The van der Waals surface area contributed by atoms with Crippen molar-refractivity contribution >= 4 is 27.3 Å². The summed E-state index contributed by atoms with van der Waals surface area (Å²) >= 11 is 1.03. The molecule has 6 nitrogen and oxygen atoms in total. The molecule has 1 N–H and O–H groups in total. The molecule has 0 aromatic carbocycles. The monoisotopic (exact) mass is 316 g/mol. The summed E-state index contributed by atoms with van der Waals surface area (Å²) in [6, 6.07) is 3.16. The Labute approximate surface area is 121 Å². The number of carbonyl (C=O) groups is 1. The second kappa shape index (κ2) is 5.44. The number of hydrogen-bond donors (Lipinski definition) is 1. The average molecular weight is 316 g/mol. The fraction of sp³-hybridized carbons (Fsp3) is 0.583. The quantitative estimate of drug-likeness (QED) is 0.885. The maximum Gasteiger partial charge on any atom is 0.264 e. The van der Waals surface area contributed by atoms with E-state index in [1.54, 1.807) is 11.0 Å². The van der Waals surface area contributed by atoms with Gasteiger partial charge in [-0.1, -0.05) is 0 Å². The third-order valence-electron chi connectivity index (χ3n) is 3.25. The van der Waals surface area contributed by atoms with Gasteiger partial charge >= 0.3 is 0 Å². The highest BCUT2D eigenvalue weighted by atomic mass is 32.2. The van der Waals surface area contributed by atoms with E-state index in [0.29, 0.717) is 31.2 Å². The summed E-state index contributed by atoms with van der Waals surface area (Å²) in [5.74, 6) is -0.119. The van der Waals surface area contributed by atoms with Crippen molar-refractivity contribution < 1.29 is 17.9 Å². The number of thiophene rings is 1. The summed E-state index contributed by atoms with van der Waals surface area (Å²) in [4.78, 5) is 14.4. The Kier molecular flexibility index (Phi) is 3.80. The van der Waals surface area contributed by atoms with Crippen molar-refractivity contribution in [1.29, 1.82) is 0 Å². The summed E-state index contributed by atoms with van der Waals surface area (Å²) in [5, 5.41) is 0. The van der Waals surface area contributed by atoms with Gasteiger partial charge in [-0.2, -0.15) is 0 Å². The number of nitrogens with zero attached hydrogens (tertiary/aromatic N) is 1. The van der Waals surface area contributed by atoms with Gasteiger partial charge in [0.2, 0.25) is 10.0 Å². The van der Waals surface area contributed by atoms with E-state index in [1.807, 2.05) is 0 Å². The lowest BCUT2D eigenvalue weighted by Gasteiger charge is -2.26. The highest BCUT2D eigenvalue weighted by molar-refractivity contribution is 7.91. The maximum absolute atomic E-state index is 12.2. The van der Waals surface area contributed by atoms with Crippen LogP contribution in [0.5, 0.6) is 0 Å². The summed E-state index contributed by atoms with van der Waals surface area (Å²) in [6.45, 7) is 2.18. The Bertz CT molecular complexity index is 601. The van der Waals surface area contributed by atoms with Gasteiger partial charge in [-0.3, -0.25) is 4.79 Å². The van der Waals surface area contributed by atoms with E-state index in [-0.39, 0.29) is 16.2 Å². The molecule has 0 bridgehead atoms. The highest BCUT2D eigenvalue weighted by Gasteiger charge is 2.29. The van der Waals surface area contributed by atoms with Crippen LogP contribution in [0.25, 0.3) is 0 Å². The fourth-order valence-corrected chi connectivity index (χ4v) is 4.58. The van der Waals surface area contributed by atoms with Crippen LogP contribution in [-0.4, -0.2) is 51.6 Å². The summed E-state index contributed by atoms with van der Waals surface area (Å²) in [6.07, 6.45) is 1.79. The van der Waals surface area contributed by atoms with Crippen molar-refractivity contribution in [2.24, 2.45) is 0 Å². The second-order valence-corrected chi connectivity index (χ2v) is 7.94. The molecule has 1 amide bonds. The lowest BCUT2D eigenvalue weighted by Crippen LogP contribution is -2.40. The molecule has 1 aliphatic carbocycles. The average Bonchev–Trinajstić information content (AvgIpc) is 3.09. The standard InChI is InChI=1S/C12H16N2O4S2/c15-12(14-5-7-18-8-6-14)10-3-4-11(19-10)20(16,17)13-9-1-2-9/h3-4,9,13H,1-2,5-8H2. The van der Waals surface area contributed by atoms with Crippen LogP contribution in [0.15, 0.2) is 16.3 Å². The smallest absolute Gasteiger partial charge is 0.264 e.